The van der Waals surface area contributed by atoms with Crippen LogP contribution in [-0.2, 0) is 0 Å². The first-order chi connectivity index (χ1) is 8.33. The van der Waals surface area contributed by atoms with Gasteiger partial charge in [0.1, 0.15) is 6.33 Å². The second kappa shape index (κ2) is 4.16. The first-order valence-corrected chi connectivity index (χ1v) is 5.93. The molecule has 1 aliphatic rings. The quantitative estimate of drug-likeness (QED) is 0.869. The monoisotopic (exact) mass is 229 g/mol. The zero-order valence-corrected chi connectivity index (χ0v) is 9.74. The smallest absolute Gasteiger partial charge is 0.143 e. The van der Waals surface area contributed by atoms with Crippen LogP contribution in [0.2, 0.25) is 0 Å². The van der Waals surface area contributed by atoms with Crippen molar-refractivity contribution >= 4 is 5.69 Å². The summed E-state index contributed by atoms with van der Waals surface area (Å²) >= 11 is 0. The number of tetrazole rings is 1. The molecule has 5 nitrogen and oxygen atoms in total. The third-order valence-electron chi connectivity index (χ3n) is 3.20. The van der Waals surface area contributed by atoms with Gasteiger partial charge in [-0.2, -0.15) is 0 Å². The Bertz CT molecular complexity index is 472. The fraction of sp³-hybridized carbons (Fsp3) is 0.417. The number of aromatic nitrogens is 4. The van der Waals surface area contributed by atoms with E-state index in [0.717, 1.165) is 17.3 Å². The lowest BCUT2D eigenvalue weighted by atomic mass is 10.2. The van der Waals surface area contributed by atoms with Crippen LogP contribution in [0.3, 0.4) is 0 Å². The maximum Gasteiger partial charge on any atom is 0.143 e. The van der Waals surface area contributed by atoms with Crippen LogP contribution in [0.15, 0.2) is 30.6 Å². The Balaban J connectivity index is 1.71. The lowest BCUT2D eigenvalue weighted by molar-refractivity contribution is 0.694. The largest absolute Gasteiger partial charge is 0.382 e. The van der Waals surface area contributed by atoms with Crippen molar-refractivity contribution in [1.82, 2.24) is 20.2 Å². The molecule has 1 N–H and O–H groups in total. The lowest BCUT2D eigenvalue weighted by Gasteiger charge is -2.14. The van der Waals surface area contributed by atoms with E-state index in [-0.39, 0.29) is 0 Å². The molecule has 2 aromatic rings. The molecule has 0 spiro atoms. The van der Waals surface area contributed by atoms with Gasteiger partial charge in [-0.25, -0.2) is 4.68 Å². The number of rotatable bonds is 4. The van der Waals surface area contributed by atoms with Gasteiger partial charge in [-0.05, 0) is 60.4 Å². The van der Waals surface area contributed by atoms with Crippen LogP contribution in [0.5, 0.6) is 0 Å². The summed E-state index contributed by atoms with van der Waals surface area (Å²) in [7, 11) is 0. The Labute approximate surface area is 99.8 Å². The van der Waals surface area contributed by atoms with Gasteiger partial charge < -0.3 is 5.32 Å². The minimum atomic E-state index is 0.564. The highest BCUT2D eigenvalue weighted by molar-refractivity contribution is 5.49. The van der Waals surface area contributed by atoms with Gasteiger partial charge in [0.25, 0.3) is 0 Å². The molecule has 17 heavy (non-hydrogen) atoms. The molecule has 0 aliphatic heterocycles. The number of hydrogen-bond acceptors (Lipinski definition) is 4. The van der Waals surface area contributed by atoms with Gasteiger partial charge >= 0.3 is 0 Å². The van der Waals surface area contributed by atoms with Crippen molar-refractivity contribution in [1.29, 1.82) is 0 Å². The van der Waals surface area contributed by atoms with Crippen LogP contribution >= 0.6 is 0 Å². The number of benzene rings is 1. The second-order valence-corrected chi connectivity index (χ2v) is 4.57. The van der Waals surface area contributed by atoms with Gasteiger partial charge in [0.05, 0.1) is 5.69 Å². The second-order valence-electron chi connectivity index (χ2n) is 4.57. The number of hydrogen-bond donors (Lipinski definition) is 1. The average Bonchev–Trinajstić information content (AvgIpc) is 3.07. The summed E-state index contributed by atoms with van der Waals surface area (Å²) in [6, 6.07) is 8.72. The molecular formula is C12H15N5. The van der Waals surface area contributed by atoms with Crippen molar-refractivity contribution < 1.29 is 0 Å². The third kappa shape index (κ3) is 2.27. The summed E-state index contributed by atoms with van der Waals surface area (Å²) in [6.45, 7) is 2.24. The molecule has 1 heterocycles. The third-order valence-corrected chi connectivity index (χ3v) is 3.20. The predicted octanol–water partition coefficient (Wildman–Crippen LogP) is 1.87. The van der Waals surface area contributed by atoms with E-state index in [1.165, 1.54) is 12.8 Å². The number of nitrogens with one attached hydrogen (secondary N) is 1. The van der Waals surface area contributed by atoms with E-state index in [4.69, 9.17) is 0 Å². The zero-order valence-electron chi connectivity index (χ0n) is 9.74. The Morgan fingerprint density at radius 2 is 2.06 bits per heavy atom. The summed E-state index contributed by atoms with van der Waals surface area (Å²) in [6.07, 6.45) is 4.31. The molecule has 1 aromatic heterocycles. The molecule has 1 atom stereocenters. The Morgan fingerprint density at radius 1 is 1.29 bits per heavy atom. The topological polar surface area (TPSA) is 55.6 Å². The van der Waals surface area contributed by atoms with Crippen molar-refractivity contribution in [2.45, 2.75) is 25.8 Å². The summed E-state index contributed by atoms with van der Waals surface area (Å²) in [5.41, 5.74) is 2.13. The zero-order chi connectivity index (χ0) is 11.7. The van der Waals surface area contributed by atoms with E-state index in [1.54, 1.807) is 11.0 Å². The molecule has 1 aromatic carbocycles. The molecule has 1 saturated carbocycles. The van der Waals surface area contributed by atoms with Gasteiger partial charge in [-0.1, -0.05) is 0 Å². The fourth-order valence-electron chi connectivity index (χ4n) is 1.97. The maximum absolute atomic E-state index is 3.85. The maximum atomic E-state index is 3.85. The van der Waals surface area contributed by atoms with Gasteiger partial charge in [0.2, 0.25) is 0 Å². The number of anilines is 1. The predicted molar refractivity (Wildman–Crippen MR) is 65.0 cm³/mol. The molecule has 0 amide bonds. The van der Waals surface area contributed by atoms with Crippen molar-refractivity contribution in [3.8, 4) is 5.69 Å². The Hall–Kier alpha value is -1.91. The molecule has 88 valence electrons. The summed E-state index contributed by atoms with van der Waals surface area (Å²) in [5, 5.41) is 14.6. The van der Waals surface area contributed by atoms with Crippen LogP contribution in [0.25, 0.3) is 5.69 Å². The minimum Gasteiger partial charge on any atom is -0.382 e. The van der Waals surface area contributed by atoms with Crippen LogP contribution in [0, 0.1) is 5.92 Å². The molecule has 1 unspecified atom stereocenters. The molecule has 0 bridgehead atoms. The molecule has 3 rings (SSSR count). The van der Waals surface area contributed by atoms with Crippen LogP contribution in [0.1, 0.15) is 19.8 Å². The van der Waals surface area contributed by atoms with E-state index in [0.29, 0.717) is 6.04 Å². The highest BCUT2D eigenvalue weighted by Gasteiger charge is 2.27. The highest BCUT2D eigenvalue weighted by atomic mass is 15.5. The van der Waals surface area contributed by atoms with Crippen molar-refractivity contribution in [3.63, 3.8) is 0 Å². The molecule has 1 aliphatic carbocycles. The standard InChI is InChI=1S/C12H15N5/c1-9(10-2-3-10)14-11-4-6-12(7-5-11)17-8-13-15-16-17/h4-10,14H,2-3H2,1H3. The highest BCUT2D eigenvalue weighted by Crippen LogP contribution is 2.33. The van der Waals surface area contributed by atoms with Gasteiger partial charge in [0.15, 0.2) is 0 Å². The molecule has 0 saturated heterocycles. The van der Waals surface area contributed by atoms with E-state index in [1.807, 2.05) is 12.1 Å². The van der Waals surface area contributed by atoms with Gasteiger partial charge in [-0.3, -0.25) is 0 Å². The first kappa shape index (κ1) is 10.3. The average molecular weight is 229 g/mol. The Kier molecular flexibility index (Phi) is 2.51. The van der Waals surface area contributed by atoms with E-state index in [9.17, 15) is 0 Å². The number of nitrogens with zero attached hydrogens (tertiary/aromatic N) is 4. The molecule has 5 heteroatoms. The van der Waals surface area contributed by atoms with Gasteiger partial charge in [0, 0.05) is 11.7 Å². The summed E-state index contributed by atoms with van der Waals surface area (Å²) in [4.78, 5) is 0. The van der Waals surface area contributed by atoms with E-state index < -0.39 is 0 Å². The Morgan fingerprint density at radius 3 is 2.65 bits per heavy atom. The van der Waals surface area contributed by atoms with Crippen molar-refractivity contribution in [2.24, 2.45) is 5.92 Å². The molecule has 0 radical (unpaired) electrons. The first-order valence-electron chi connectivity index (χ1n) is 5.93. The normalized spacial score (nSPS) is 16.8. The van der Waals surface area contributed by atoms with Crippen LogP contribution in [0.4, 0.5) is 5.69 Å². The van der Waals surface area contributed by atoms with Crippen molar-refractivity contribution in [2.75, 3.05) is 5.32 Å². The minimum absolute atomic E-state index is 0.564. The lowest BCUT2D eigenvalue weighted by Crippen LogP contribution is -2.17. The van der Waals surface area contributed by atoms with Crippen molar-refractivity contribution in [3.05, 3.63) is 30.6 Å². The SMILES string of the molecule is CC(Nc1ccc(-n2cnnn2)cc1)C1CC1. The fourth-order valence-corrected chi connectivity index (χ4v) is 1.97. The van der Waals surface area contributed by atoms with Crippen LogP contribution < -0.4 is 5.32 Å². The summed E-state index contributed by atoms with van der Waals surface area (Å²) in [5.74, 6) is 0.856. The van der Waals surface area contributed by atoms with E-state index >= 15 is 0 Å². The molecular weight excluding hydrogens is 214 g/mol. The van der Waals surface area contributed by atoms with E-state index in [2.05, 4.69) is 39.9 Å². The molecule has 1 fully saturated rings. The van der Waals surface area contributed by atoms with Crippen LogP contribution in [-0.4, -0.2) is 26.2 Å². The summed E-state index contributed by atoms with van der Waals surface area (Å²) < 4.78 is 1.65. The van der Waals surface area contributed by atoms with Gasteiger partial charge in [-0.15, -0.1) is 5.10 Å².